The fourth-order valence-corrected chi connectivity index (χ4v) is 2.94. The van der Waals surface area contributed by atoms with Crippen LogP contribution in [-0.2, 0) is 10.2 Å². The summed E-state index contributed by atoms with van der Waals surface area (Å²) in [7, 11) is 0. The highest BCUT2D eigenvalue weighted by Gasteiger charge is 2.43. The van der Waals surface area contributed by atoms with Crippen molar-refractivity contribution < 1.29 is 9.59 Å². The highest BCUT2D eigenvalue weighted by molar-refractivity contribution is 6.09. The van der Waals surface area contributed by atoms with E-state index in [2.05, 4.69) is 10.3 Å². The summed E-state index contributed by atoms with van der Waals surface area (Å²) in [5.74, 6) is -0.105. The predicted molar refractivity (Wildman–Crippen MR) is 89.7 cm³/mol. The minimum atomic E-state index is -0.529. The lowest BCUT2D eigenvalue weighted by molar-refractivity contribution is -0.122. The molecule has 23 heavy (non-hydrogen) atoms. The van der Waals surface area contributed by atoms with Gasteiger partial charge >= 0.3 is 0 Å². The highest BCUT2D eigenvalue weighted by Crippen LogP contribution is 2.42. The molecule has 2 aromatic rings. The molecule has 1 aliphatic rings. The van der Waals surface area contributed by atoms with Gasteiger partial charge in [0.1, 0.15) is 0 Å². The molecule has 1 N–H and O–H groups in total. The van der Waals surface area contributed by atoms with E-state index in [9.17, 15) is 9.59 Å². The minimum absolute atomic E-state index is 0.0904. The Labute approximate surface area is 135 Å². The normalized spacial score (nSPS) is 15.4. The molecule has 1 aliphatic heterocycles. The van der Waals surface area contributed by atoms with Crippen molar-refractivity contribution in [1.29, 1.82) is 0 Å². The smallest absolute Gasteiger partial charge is 0.255 e. The van der Waals surface area contributed by atoms with Gasteiger partial charge in [-0.3, -0.25) is 14.6 Å². The van der Waals surface area contributed by atoms with Crippen LogP contribution in [0.25, 0.3) is 0 Å². The summed E-state index contributed by atoms with van der Waals surface area (Å²) in [6.45, 7) is 6.42. The monoisotopic (exact) mass is 309 g/mol. The van der Waals surface area contributed by atoms with Crippen molar-refractivity contribution >= 4 is 23.2 Å². The molecular weight excluding hydrogens is 290 g/mol. The second-order valence-corrected chi connectivity index (χ2v) is 6.10. The first kappa shape index (κ1) is 15.2. The number of nitrogens with one attached hydrogen (secondary N) is 1. The SMILES string of the molecule is CCN1C(=O)C(C)(C)c2ccc(NC(=O)c3ccncc3)cc21. The summed E-state index contributed by atoms with van der Waals surface area (Å²) >= 11 is 0. The first-order valence-electron chi connectivity index (χ1n) is 7.63. The van der Waals surface area contributed by atoms with Crippen LogP contribution < -0.4 is 10.2 Å². The van der Waals surface area contributed by atoms with Gasteiger partial charge in [0.2, 0.25) is 5.91 Å². The Hall–Kier alpha value is -2.69. The van der Waals surface area contributed by atoms with Crippen LogP contribution in [0, 0.1) is 0 Å². The second-order valence-electron chi connectivity index (χ2n) is 6.10. The molecule has 0 unspecified atom stereocenters. The topological polar surface area (TPSA) is 62.3 Å². The standard InChI is InChI=1S/C18H19N3O2/c1-4-21-15-11-13(5-6-14(15)18(2,3)17(21)23)20-16(22)12-7-9-19-10-8-12/h5-11H,4H2,1-3H3,(H,20,22). The van der Waals surface area contributed by atoms with Gasteiger partial charge in [0.15, 0.2) is 0 Å². The van der Waals surface area contributed by atoms with E-state index < -0.39 is 5.41 Å². The van der Waals surface area contributed by atoms with Gasteiger partial charge in [-0.05, 0) is 50.6 Å². The van der Waals surface area contributed by atoms with E-state index in [1.807, 2.05) is 39.0 Å². The summed E-state index contributed by atoms with van der Waals surface area (Å²) < 4.78 is 0. The highest BCUT2D eigenvalue weighted by atomic mass is 16.2. The number of carbonyl (C=O) groups is 2. The van der Waals surface area contributed by atoms with E-state index in [0.717, 1.165) is 11.3 Å². The molecule has 0 fully saturated rings. The molecule has 0 spiro atoms. The maximum absolute atomic E-state index is 12.5. The fourth-order valence-electron chi connectivity index (χ4n) is 2.94. The van der Waals surface area contributed by atoms with Crippen LogP contribution in [0.15, 0.2) is 42.7 Å². The molecule has 1 aromatic heterocycles. The molecule has 0 atom stereocenters. The maximum atomic E-state index is 12.5. The Balaban J connectivity index is 1.92. The molecule has 5 heteroatoms. The molecule has 2 amide bonds. The zero-order chi connectivity index (χ0) is 16.6. The lowest BCUT2D eigenvalue weighted by Crippen LogP contribution is -2.35. The van der Waals surface area contributed by atoms with Crippen molar-refractivity contribution in [2.75, 3.05) is 16.8 Å². The number of fused-ring (bicyclic) bond motifs is 1. The van der Waals surface area contributed by atoms with Crippen LogP contribution in [0.3, 0.4) is 0 Å². The summed E-state index contributed by atoms with van der Waals surface area (Å²) in [5.41, 5.74) is 2.55. The fraction of sp³-hybridized carbons (Fsp3) is 0.278. The lowest BCUT2D eigenvalue weighted by Gasteiger charge is -2.18. The molecule has 2 heterocycles. The van der Waals surface area contributed by atoms with Crippen LogP contribution in [0.2, 0.25) is 0 Å². The third kappa shape index (κ3) is 2.48. The Kier molecular flexibility index (Phi) is 3.64. The number of likely N-dealkylation sites (N-methyl/N-ethyl adjacent to an activating group) is 1. The van der Waals surface area contributed by atoms with Gasteiger partial charge in [0.05, 0.1) is 5.41 Å². The Bertz CT molecular complexity index is 769. The molecule has 0 bridgehead atoms. The molecule has 118 valence electrons. The number of hydrogen-bond acceptors (Lipinski definition) is 3. The summed E-state index contributed by atoms with van der Waals surface area (Å²) in [5, 5.41) is 2.87. The van der Waals surface area contributed by atoms with E-state index in [4.69, 9.17) is 0 Å². The number of nitrogens with zero attached hydrogens (tertiary/aromatic N) is 2. The number of aromatic nitrogens is 1. The average molecular weight is 309 g/mol. The quantitative estimate of drug-likeness (QED) is 0.948. The van der Waals surface area contributed by atoms with E-state index in [-0.39, 0.29) is 11.8 Å². The average Bonchev–Trinajstić information content (AvgIpc) is 2.74. The predicted octanol–water partition coefficient (Wildman–Crippen LogP) is 2.98. The first-order chi connectivity index (χ1) is 10.9. The molecule has 0 saturated heterocycles. The molecule has 1 aromatic carbocycles. The zero-order valence-electron chi connectivity index (χ0n) is 13.5. The molecular formula is C18H19N3O2. The van der Waals surface area contributed by atoms with Gasteiger partial charge in [-0.2, -0.15) is 0 Å². The van der Waals surface area contributed by atoms with Gasteiger partial charge in [-0.25, -0.2) is 0 Å². The van der Waals surface area contributed by atoms with Crippen molar-refractivity contribution in [3.05, 3.63) is 53.9 Å². The third-order valence-corrected chi connectivity index (χ3v) is 4.26. The van der Waals surface area contributed by atoms with Crippen LogP contribution >= 0.6 is 0 Å². The summed E-state index contributed by atoms with van der Waals surface area (Å²) in [6.07, 6.45) is 3.16. The molecule has 0 aliphatic carbocycles. The number of pyridine rings is 1. The number of hydrogen-bond donors (Lipinski definition) is 1. The van der Waals surface area contributed by atoms with Crippen molar-refractivity contribution in [3.63, 3.8) is 0 Å². The van der Waals surface area contributed by atoms with Crippen LogP contribution in [0.1, 0.15) is 36.7 Å². The van der Waals surface area contributed by atoms with Gasteiger partial charge < -0.3 is 10.2 Å². The second kappa shape index (κ2) is 5.50. The molecule has 0 radical (unpaired) electrons. The van der Waals surface area contributed by atoms with Crippen LogP contribution in [-0.4, -0.2) is 23.3 Å². The molecule has 0 saturated carbocycles. The summed E-state index contributed by atoms with van der Waals surface area (Å²) in [4.78, 5) is 30.4. The lowest BCUT2D eigenvalue weighted by atomic mass is 9.86. The van der Waals surface area contributed by atoms with Gasteiger partial charge in [0.25, 0.3) is 5.91 Å². The van der Waals surface area contributed by atoms with Gasteiger partial charge in [-0.15, -0.1) is 0 Å². The molecule has 3 rings (SSSR count). The van der Waals surface area contributed by atoms with E-state index >= 15 is 0 Å². The van der Waals surface area contributed by atoms with Gasteiger partial charge in [0, 0.05) is 35.9 Å². The Morgan fingerprint density at radius 2 is 1.91 bits per heavy atom. The Morgan fingerprint density at radius 1 is 1.22 bits per heavy atom. The maximum Gasteiger partial charge on any atom is 0.255 e. The van der Waals surface area contributed by atoms with E-state index in [1.165, 1.54) is 0 Å². The minimum Gasteiger partial charge on any atom is -0.322 e. The number of rotatable bonds is 3. The van der Waals surface area contributed by atoms with E-state index in [1.54, 1.807) is 29.4 Å². The number of carbonyl (C=O) groups excluding carboxylic acids is 2. The number of amides is 2. The van der Waals surface area contributed by atoms with Crippen molar-refractivity contribution in [2.45, 2.75) is 26.2 Å². The van der Waals surface area contributed by atoms with Crippen molar-refractivity contribution in [1.82, 2.24) is 4.98 Å². The van der Waals surface area contributed by atoms with Crippen LogP contribution in [0.4, 0.5) is 11.4 Å². The van der Waals surface area contributed by atoms with Crippen molar-refractivity contribution in [2.24, 2.45) is 0 Å². The third-order valence-electron chi connectivity index (χ3n) is 4.26. The Morgan fingerprint density at radius 3 is 2.57 bits per heavy atom. The van der Waals surface area contributed by atoms with E-state index in [0.29, 0.717) is 17.8 Å². The number of anilines is 2. The first-order valence-corrected chi connectivity index (χ1v) is 7.63. The van der Waals surface area contributed by atoms with Crippen molar-refractivity contribution in [3.8, 4) is 0 Å². The number of benzene rings is 1. The largest absolute Gasteiger partial charge is 0.322 e. The van der Waals surface area contributed by atoms with Crippen LogP contribution in [0.5, 0.6) is 0 Å². The zero-order valence-corrected chi connectivity index (χ0v) is 13.5. The molecule has 5 nitrogen and oxygen atoms in total. The summed E-state index contributed by atoms with van der Waals surface area (Å²) in [6, 6.07) is 8.95. The van der Waals surface area contributed by atoms with Gasteiger partial charge in [-0.1, -0.05) is 6.07 Å².